The van der Waals surface area contributed by atoms with Crippen molar-refractivity contribution in [1.29, 1.82) is 0 Å². The average molecular weight is 289 g/mol. The van der Waals surface area contributed by atoms with Crippen molar-refractivity contribution in [2.75, 3.05) is 12.3 Å². The molecule has 0 amide bonds. The molecule has 18 heavy (non-hydrogen) atoms. The Hall–Kier alpha value is -0.390. The van der Waals surface area contributed by atoms with Gasteiger partial charge in [-0.1, -0.05) is 19.4 Å². The third-order valence-corrected chi connectivity index (χ3v) is 6.16. The van der Waals surface area contributed by atoms with Gasteiger partial charge in [0.1, 0.15) is 0 Å². The van der Waals surface area contributed by atoms with Crippen molar-refractivity contribution in [2.45, 2.75) is 44.9 Å². The summed E-state index contributed by atoms with van der Waals surface area (Å²) in [5.74, 6) is 0.219. The van der Waals surface area contributed by atoms with Gasteiger partial charge in [-0.3, -0.25) is 0 Å². The van der Waals surface area contributed by atoms with Crippen LogP contribution in [0.15, 0.2) is 17.5 Å². The first kappa shape index (κ1) is 15.7. The number of hydrogen-bond donors (Lipinski definition) is 1. The second kappa shape index (κ2) is 7.26. The Bertz CT molecular complexity index is 424. The van der Waals surface area contributed by atoms with E-state index < -0.39 is 9.84 Å². The van der Waals surface area contributed by atoms with Gasteiger partial charge in [0.15, 0.2) is 9.84 Å². The Morgan fingerprint density at radius 3 is 2.61 bits per heavy atom. The van der Waals surface area contributed by atoms with Crippen LogP contribution in [0.2, 0.25) is 0 Å². The Kier molecular flexibility index (Phi) is 6.32. The lowest BCUT2D eigenvalue weighted by Gasteiger charge is -2.17. The molecule has 0 aliphatic carbocycles. The second-order valence-electron chi connectivity index (χ2n) is 4.73. The van der Waals surface area contributed by atoms with Crippen LogP contribution in [0.5, 0.6) is 0 Å². The predicted molar refractivity (Wildman–Crippen MR) is 78.9 cm³/mol. The lowest BCUT2D eigenvalue weighted by molar-refractivity contribution is 0.512. The van der Waals surface area contributed by atoms with E-state index in [4.69, 9.17) is 0 Å². The molecule has 0 spiro atoms. The maximum Gasteiger partial charge on any atom is 0.153 e. The zero-order valence-corrected chi connectivity index (χ0v) is 13.0. The lowest BCUT2D eigenvalue weighted by atomic mass is 10.1. The first-order valence-corrected chi connectivity index (χ1v) is 9.05. The molecule has 5 heteroatoms. The van der Waals surface area contributed by atoms with Crippen molar-refractivity contribution in [3.8, 4) is 0 Å². The highest BCUT2D eigenvalue weighted by molar-refractivity contribution is 7.92. The van der Waals surface area contributed by atoms with Gasteiger partial charge in [0.2, 0.25) is 0 Å². The molecule has 1 aromatic heterocycles. The number of nitrogens with one attached hydrogen (secondary N) is 1. The molecule has 1 N–H and O–H groups in total. The largest absolute Gasteiger partial charge is 0.308 e. The molecule has 0 saturated heterocycles. The maximum absolute atomic E-state index is 11.7. The van der Waals surface area contributed by atoms with Crippen LogP contribution < -0.4 is 5.32 Å². The summed E-state index contributed by atoms with van der Waals surface area (Å²) in [7, 11) is -2.94. The third-order valence-electron chi connectivity index (χ3n) is 2.96. The summed E-state index contributed by atoms with van der Waals surface area (Å²) in [5, 5.41) is 5.14. The Morgan fingerprint density at radius 1 is 1.39 bits per heavy atom. The molecule has 0 bridgehead atoms. The summed E-state index contributed by atoms with van der Waals surface area (Å²) in [4.78, 5) is 1.29. The SMILES string of the molecule is CCCC(NCCS(=O)(=O)C(C)C)c1cccs1. The van der Waals surface area contributed by atoms with Gasteiger partial charge >= 0.3 is 0 Å². The topological polar surface area (TPSA) is 46.2 Å². The lowest BCUT2D eigenvalue weighted by Crippen LogP contribution is -2.29. The van der Waals surface area contributed by atoms with Crippen molar-refractivity contribution >= 4 is 21.2 Å². The molecule has 0 aliphatic heterocycles. The average Bonchev–Trinajstić information content (AvgIpc) is 2.80. The van der Waals surface area contributed by atoms with E-state index in [1.807, 2.05) is 6.07 Å². The third kappa shape index (κ3) is 4.71. The fraction of sp³-hybridized carbons (Fsp3) is 0.692. The minimum absolute atomic E-state index is 0.219. The van der Waals surface area contributed by atoms with Crippen molar-refractivity contribution in [3.05, 3.63) is 22.4 Å². The summed E-state index contributed by atoms with van der Waals surface area (Å²) in [6, 6.07) is 4.43. The van der Waals surface area contributed by atoms with E-state index in [0.29, 0.717) is 6.54 Å². The van der Waals surface area contributed by atoms with Gasteiger partial charge in [-0.15, -0.1) is 11.3 Å². The van der Waals surface area contributed by atoms with Crippen LogP contribution in [-0.4, -0.2) is 26.0 Å². The quantitative estimate of drug-likeness (QED) is 0.800. The minimum Gasteiger partial charge on any atom is -0.308 e. The number of thiophene rings is 1. The molecule has 0 aliphatic rings. The van der Waals surface area contributed by atoms with Gasteiger partial charge in [0.25, 0.3) is 0 Å². The first-order valence-electron chi connectivity index (χ1n) is 6.45. The van der Waals surface area contributed by atoms with Gasteiger partial charge in [-0.05, 0) is 31.7 Å². The van der Waals surface area contributed by atoms with Gasteiger partial charge < -0.3 is 5.32 Å². The Balaban J connectivity index is 2.49. The van der Waals surface area contributed by atoms with Crippen molar-refractivity contribution in [3.63, 3.8) is 0 Å². The van der Waals surface area contributed by atoms with E-state index >= 15 is 0 Å². The van der Waals surface area contributed by atoms with E-state index in [0.717, 1.165) is 12.8 Å². The van der Waals surface area contributed by atoms with E-state index in [1.54, 1.807) is 25.2 Å². The summed E-state index contributed by atoms with van der Waals surface area (Å²) in [6.45, 7) is 6.15. The zero-order valence-electron chi connectivity index (χ0n) is 11.3. The van der Waals surface area contributed by atoms with Crippen LogP contribution in [0.25, 0.3) is 0 Å². The van der Waals surface area contributed by atoms with Crippen molar-refractivity contribution < 1.29 is 8.42 Å². The highest BCUT2D eigenvalue weighted by atomic mass is 32.2. The standard InChI is InChI=1S/C13H23NO2S2/c1-4-6-12(13-7-5-9-17-13)14-8-10-18(15,16)11(2)3/h5,7,9,11-12,14H,4,6,8,10H2,1-3H3. The van der Waals surface area contributed by atoms with Crippen LogP contribution in [0, 0.1) is 0 Å². The molecule has 1 atom stereocenters. The monoisotopic (exact) mass is 289 g/mol. The molecule has 1 heterocycles. The molecule has 0 saturated carbocycles. The number of rotatable bonds is 8. The fourth-order valence-corrected chi connectivity index (χ4v) is 3.44. The van der Waals surface area contributed by atoms with E-state index in [9.17, 15) is 8.42 Å². The van der Waals surface area contributed by atoms with Crippen molar-refractivity contribution in [1.82, 2.24) is 5.32 Å². The summed E-state index contributed by atoms with van der Waals surface area (Å²) in [5.41, 5.74) is 0. The van der Waals surface area contributed by atoms with Crippen LogP contribution in [0.1, 0.15) is 44.5 Å². The summed E-state index contributed by atoms with van der Waals surface area (Å²) >= 11 is 1.72. The maximum atomic E-state index is 11.7. The highest BCUT2D eigenvalue weighted by Gasteiger charge is 2.17. The molecule has 1 aromatic rings. The fourth-order valence-electron chi connectivity index (χ4n) is 1.73. The van der Waals surface area contributed by atoms with Crippen LogP contribution in [-0.2, 0) is 9.84 Å². The van der Waals surface area contributed by atoms with Gasteiger partial charge in [-0.25, -0.2) is 8.42 Å². The number of sulfone groups is 1. The normalized spacial score (nSPS) is 14.0. The Morgan fingerprint density at radius 2 is 2.11 bits per heavy atom. The molecule has 0 radical (unpaired) electrons. The molecule has 0 aromatic carbocycles. The minimum atomic E-state index is -2.94. The van der Waals surface area contributed by atoms with Crippen LogP contribution >= 0.6 is 11.3 Å². The molecular formula is C13H23NO2S2. The molecular weight excluding hydrogens is 266 g/mol. The number of hydrogen-bond acceptors (Lipinski definition) is 4. The van der Waals surface area contributed by atoms with E-state index in [-0.39, 0.29) is 17.0 Å². The summed E-state index contributed by atoms with van der Waals surface area (Å²) in [6.07, 6.45) is 2.13. The van der Waals surface area contributed by atoms with Gasteiger partial charge in [0, 0.05) is 17.5 Å². The van der Waals surface area contributed by atoms with Crippen LogP contribution in [0.4, 0.5) is 0 Å². The van der Waals surface area contributed by atoms with Crippen molar-refractivity contribution in [2.24, 2.45) is 0 Å². The van der Waals surface area contributed by atoms with Gasteiger partial charge in [-0.2, -0.15) is 0 Å². The predicted octanol–water partition coefficient (Wildman–Crippen LogP) is 3.00. The zero-order chi connectivity index (χ0) is 13.6. The van der Waals surface area contributed by atoms with E-state index in [1.165, 1.54) is 4.88 Å². The molecule has 3 nitrogen and oxygen atoms in total. The molecule has 1 rings (SSSR count). The van der Waals surface area contributed by atoms with Gasteiger partial charge in [0.05, 0.1) is 11.0 Å². The molecule has 104 valence electrons. The smallest absolute Gasteiger partial charge is 0.153 e. The first-order chi connectivity index (χ1) is 8.47. The highest BCUT2D eigenvalue weighted by Crippen LogP contribution is 2.22. The Labute approximate surface area is 115 Å². The molecule has 1 unspecified atom stereocenters. The van der Waals surface area contributed by atoms with E-state index in [2.05, 4.69) is 23.7 Å². The molecule has 0 fully saturated rings. The summed E-state index contributed by atoms with van der Waals surface area (Å²) < 4.78 is 23.4. The van der Waals surface area contributed by atoms with Crippen LogP contribution in [0.3, 0.4) is 0 Å². The second-order valence-corrected chi connectivity index (χ2v) is 8.38.